The SMILES string of the molecule is CCS(=O)(=O)N1CCc2cc(OC)c(OC)cc2C1CCc1ccccc1. The highest BCUT2D eigenvalue weighted by Crippen LogP contribution is 2.41. The van der Waals surface area contributed by atoms with E-state index in [-0.39, 0.29) is 11.8 Å². The third kappa shape index (κ3) is 4.12. The highest BCUT2D eigenvalue weighted by molar-refractivity contribution is 7.89. The number of aryl methyl sites for hydroxylation is 1. The smallest absolute Gasteiger partial charge is 0.214 e. The second kappa shape index (κ2) is 8.31. The molecule has 1 unspecified atom stereocenters. The Kier molecular flexibility index (Phi) is 6.07. The summed E-state index contributed by atoms with van der Waals surface area (Å²) in [6, 6.07) is 13.9. The first kappa shape index (κ1) is 19.7. The molecular weight excluding hydrogens is 362 g/mol. The van der Waals surface area contributed by atoms with Gasteiger partial charge >= 0.3 is 0 Å². The van der Waals surface area contributed by atoms with Crippen molar-refractivity contribution in [1.82, 2.24) is 4.31 Å². The van der Waals surface area contributed by atoms with Crippen LogP contribution in [-0.4, -0.2) is 39.2 Å². The Labute approximate surface area is 162 Å². The summed E-state index contributed by atoms with van der Waals surface area (Å²) in [5, 5.41) is 0. The van der Waals surface area contributed by atoms with Crippen molar-refractivity contribution in [2.75, 3.05) is 26.5 Å². The molecule has 146 valence electrons. The molecule has 5 nitrogen and oxygen atoms in total. The van der Waals surface area contributed by atoms with Gasteiger partial charge in [0.25, 0.3) is 0 Å². The van der Waals surface area contributed by atoms with Crippen molar-refractivity contribution in [2.24, 2.45) is 0 Å². The van der Waals surface area contributed by atoms with Gasteiger partial charge < -0.3 is 9.47 Å². The maximum absolute atomic E-state index is 12.7. The number of sulfonamides is 1. The molecule has 0 fully saturated rings. The Balaban J connectivity index is 2.00. The van der Waals surface area contributed by atoms with Gasteiger partial charge in [0.15, 0.2) is 11.5 Å². The summed E-state index contributed by atoms with van der Waals surface area (Å²) < 4.78 is 38.0. The summed E-state index contributed by atoms with van der Waals surface area (Å²) >= 11 is 0. The Hall–Kier alpha value is -2.05. The highest BCUT2D eigenvalue weighted by Gasteiger charge is 2.35. The molecule has 0 saturated heterocycles. The van der Waals surface area contributed by atoms with Gasteiger partial charge in [-0.1, -0.05) is 30.3 Å². The van der Waals surface area contributed by atoms with Crippen LogP contribution in [0.25, 0.3) is 0 Å². The second-order valence-electron chi connectivity index (χ2n) is 6.71. The predicted molar refractivity (Wildman–Crippen MR) is 107 cm³/mol. The van der Waals surface area contributed by atoms with Crippen molar-refractivity contribution in [3.63, 3.8) is 0 Å². The number of fused-ring (bicyclic) bond motifs is 1. The molecule has 0 bridgehead atoms. The third-order valence-electron chi connectivity index (χ3n) is 5.22. The first-order valence-electron chi connectivity index (χ1n) is 9.28. The molecule has 2 aromatic carbocycles. The van der Waals surface area contributed by atoms with E-state index in [0.717, 1.165) is 24.0 Å². The van der Waals surface area contributed by atoms with Crippen LogP contribution in [0, 0.1) is 0 Å². The molecule has 0 radical (unpaired) electrons. The van der Waals surface area contributed by atoms with Crippen molar-refractivity contribution in [3.05, 3.63) is 59.2 Å². The Bertz CT molecular complexity index is 881. The number of benzene rings is 2. The average Bonchev–Trinajstić information content (AvgIpc) is 2.71. The van der Waals surface area contributed by atoms with Gasteiger partial charge in [0.05, 0.1) is 26.0 Å². The van der Waals surface area contributed by atoms with Gasteiger partial charge in [0.1, 0.15) is 0 Å². The summed E-state index contributed by atoms with van der Waals surface area (Å²) in [6.45, 7) is 2.20. The normalized spacial score (nSPS) is 17.4. The minimum Gasteiger partial charge on any atom is -0.493 e. The zero-order valence-corrected chi connectivity index (χ0v) is 17.0. The molecule has 0 aliphatic carbocycles. The fraction of sp³-hybridized carbons (Fsp3) is 0.429. The van der Waals surface area contributed by atoms with Crippen LogP contribution in [-0.2, 0) is 22.9 Å². The molecule has 3 rings (SSSR count). The molecule has 0 N–H and O–H groups in total. The fourth-order valence-corrected chi connectivity index (χ4v) is 5.06. The first-order valence-corrected chi connectivity index (χ1v) is 10.9. The standard InChI is InChI=1S/C21H27NO4S/c1-4-27(23,24)22-13-12-17-14-20(25-2)21(26-3)15-18(17)19(22)11-10-16-8-6-5-7-9-16/h5-9,14-15,19H,4,10-13H2,1-3H3. The van der Waals surface area contributed by atoms with E-state index in [4.69, 9.17) is 9.47 Å². The van der Waals surface area contributed by atoms with Crippen LogP contribution in [0.2, 0.25) is 0 Å². The number of nitrogens with zero attached hydrogens (tertiary/aromatic N) is 1. The average molecular weight is 390 g/mol. The maximum Gasteiger partial charge on any atom is 0.214 e. The summed E-state index contributed by atoms with van der Waals surface area (Å²) in [5.41, 5.74) is 3.36. The van der Waals surface area contributed by atoms with Gasteiger partial charge in [-0.2, -0.15) is 4.31 Å². The van der Waals surface area contributed by atoms with Crippen molar-refractivity contribution >= 4 is 10.0 Å². The first-order chi connectivity index (χ1) is 13.0. The van der Waals surface area contributed by atoms with Gasteiger partial charge in [-0.05, 0) is 55.0 Å². The highest BCUT2D eigenvalue weighted by atomic mass is 32.2. The zero-order chi connectivity index (χ0) is 19.4. The number of ether oxygens (including phenoxy) is 2. The van der Waals surface area contributed by atoms with E-state index in [1.54, 1.807) is 25.4 Å². The van der Waals surface area contributed by atoms with E-state index < -0.39 is 10.0 Å². The lowest BCUT2D eigenvalue weighted by Gasteiger charge is -2.37. The quantitative estimate of drug-likeness (QED) is 0.726. The van der Waals surface area contributed by atoms with Crippen LogP contribution < -0.4 is 9.47 Å². The van der Waals surface area contributed by atoms with E-state index in [1.165, 1.54) is 5.56 Å². The molecule has 0 aromatic heterocycles. The van der Waals surface area contributed by atoms with Crippen LogP contribution in [0.5, 0.6) is 11.5 Å². The largest absolute Gasteiger partial charge is 0.493 e. The second-order valence-corrected chi connectivity index (χ2v) is 8.92. The van der Waals surface area contributed by atoms with Crippen LogP contribution in [0.1, 0.15) is 36.1 Å². The summed E-state index contributed by atoms with van der Waals surface area (Å²) in [6.07, 6.45) is 2.22. The van der Waals surface area contributed by atoms with Crippen LogP contribution in [0.3, 0.4) is 0 Å². The molecule has 27 heavy (non-hydrogen) atoms. The van der Waals surface area contributed by atoms with Crippen molar-refractivity contribution in [3.8, 4) is 11.5 Å². The van der Waals surface area contributed by atoms with Crippen LogP contribution >= 0.6 is 0 Å². The molecule has 2 aromatic rings. The third-order valence-corrected chi connectivity index (χ3v) is 7.11. The van der Waals surface area contributed by atoms with Crippen molar-refractivity contribution < 1.29 is 17.9 Å². The van der Waals surface area contributed by atoms with Crippen LogP contribution in [0.4, 0.5) is 0 Å². The number of methoxy groups -OCH3 is 2. The monoisotopic (exact) mass is 389 g/mol. The molecule has 1 aliphatic heterocycles. The summed E-state index contributed by atoms with van der Waals surface area (Å²) in [7, 11) is -0.0689. The number of hydrogen-bond donors (Lipinski definition) is 0. The predicted octanol–water partition coefficient (Wildman–Crippen LogP) is 3.59. The topological polar surface area (TPSA) is 55.8 Å². The Morgan fingerprint density at radius 2 is 1.74 bits per heavy atom. The molecule has 0 saturated carbocycles. The van der Waals surface area contributed by atoms with Gasteiger partial charge in [0.2, 0.25) is 10.0 Å². The van der Waals surface area contributed by atoms with Crippen molar-refractivity contribution in [1.29, 1.82) is 0 Å². The van der Waals surface area contributed by atoms with Crippen LogP contribution in [0.15, 0.2) is 42.5 Å². The maximum atomic E-state index is 12.7. The van der Waals surface area contributed by atoms with Crippen molar-refractivity contribution in [2.45, 2.75) is 32.2 Å². The summed E-state index contributed by atoms with van der Waals surface area (Å²) in [4.78, 5) is 0. The van der Waals surface area contributed by atoms with Gasteiger partial charge in [-0.25, -0.2) is 8.42 Å². The number of rotatable bonds is 7. The Morgan fingerprint density at radius 3 is 2.37 bits per heavy atom. The van der Waals surface area contributed by atoms with E-state index >= 15 is 0 Å². The molecule has 1 aliphatic rings. The number of hydrogen-bond acceptors (Lipinski definition) is 4. The minimum absolute atomic E-state index is 0.109. The van der Waals surface area contributed by atoms with E-state index in [1.807, 2.05) is 30.3 Å². The van der Waals surface area contributed by atoms with Gasteiger partial charge in [0, 0.05) is 6.54 Å². The van der Waals surface area contributed by atoms with Gasteiger partial charge in [-0.15, -0.1) is 0 Å². The lowest BCUT2D eigenvalue weighted by Crippen LogP contribution is -2.41. The van der Waals surface area contributed by atoms with E-state index in [2.05, 4.69) is 12.1 Å². The molecule has 0 amide bonds. The van der Waals surface area contributed by atoms with Gasteiger partial charge in [-0.3, -0.25) is 0 Å². The fourth-order valence-electron chi connectivity index (χ4n) is 3.75. The Morgan fingerprint density at radius 1 is 1.07 bits per heavy atom. The molecule has 1 atom stereocenters. The zero-order valence-electron chi connectivity index (χ0n) is 16.1. The van der Waals surface area contributed by atoms with E-state index in [9.17, 15) is 8.42 Å². The molecule has 6 heteroatoms. The molecule has 1 heterocycles. The molecule has 0 spiro atoms. The lowest BCUT2D eigenvalue weighted by molar-refractivity contribution is 0.290. The lowest BCUT2D eigenvalue weighted by atomic mass is 9.90. The summed E-state index contributed by atoms with van der Waals surface area (Å²) in [5.74, 6) is 1.43. The van der Waals surface area contributed by atoms with E-state index in [0.29, 0.717) is 24.5 Å². The minimum atomic E-state index is -3.29. The molecular formula is C21H27NO4S.